The van der Waals surface area contributed by atoms with E-state index in [0.717, 1.165) is 6.42 Å². The molecule has 0 spiro atoms. The molecule has 2 atom stereocenters. The molecule has 0 aliphatic carbocycles. The SMILES string of the molecule is COC(C(=O)O)C1CCCN1C(=O)OC(C)(C)C. The first-order chi connectivity index (χ1) is 8.26. The van der Waals surface area contributed by atoms with Crippen molar-refractivity contribution in [3.05, 3.63) is 0 Å². The molecule has 1 fully saturated rings. The van der Waals surface area contributed by atoms with E-state index in [-0.39, 0.29) is 0 Å². The Hall–Kier alpha value is -1.30. The molecule has 18 heavy (non-hydrogen) atoms. The molecule has 1 saturated heterocycles. The Labute approximate surface area is 107 Å². The Morgan fingerprint density at radius 2 is 2.00 bits per heavy atom. The van der Waals surface area contributed by atoms with Gasteiger partial charge in [0, 0.05) is 13.7 Å². The number of hydrogen-bond acceptors (Lipinski definition) is 4. The van der Waals surface area contributed by atoms with Gasteiger partial charge in [0.05, 0.1) is 6.04 Å². The van der Waals surface area contributed by atoms with Gasteiger partial charge in [-0.1, -0.05) is 0 Å². The molecule has 1 heterocycles. The average Bonchev–Trinajstić information content (AvgIpc) is 2.64. The summed E-state index contributed by atoms with van der Waals surface area (Å²) < 4.78 is 10.2. The highest BCUT2D eigenvalue weighted by atomic mass is 16.6. The van der Waals surface area contributed by atoms with Crippen LogP contribution in [0.15, 0.2) is 0 Å². The van der Waals surface area contributed by atoms with Crippen LogP contribution in [0.3, 0.4) is 0 Å². The molecule has 0 radical (unpaired) electrons. The molecule has 1 amide bonds. The van der Waals surface area contributed by atoms with Crippen molar-refractivity contribution in [1.82, 2.24) is 4.90 Å². The van der Waals surface area contributed by atoms with Gasteiger partial charge < -0.3 is 19.5 Å². The molecule has 1 rings (SSSR count). The molecule has 2 unspecified atom stereocenters. The number of carbonyl (C=O) groups is 2. The number of nitrogens with zero attached hydrogens (tertiary/aromatic N) is 1. The highest BCUT2D eigenvalue weighted by Gasteiger charge is 2.40. The summed E-state index contributed by atoms with van der Waals surface area (Å²) in [7, 11) is 1.34. The standard InChI is InChI=1S/C12H21NO5/c1-12(2,3)18-11(16)13-7-5-6-8(13)9(17-4)10(14)15/h8-9H,5-7H2,1-4H3,(H,14,15). The van der Waals surface area contributed by atoms with Gasteiger partial charge in [-0.25, -0.2) is 9.59 Å². The first-order valence-corrected chi connectivity index (χ1v) is 6.01. The van der Waals surface area contributed by atoms with E-state index in [1.54, 1.807) is 20.8 Å². The summed E-state index contributed by atoms with van der Waals surface area (Å²) in [5.74, 6) is -1.06. The lowest BCUT2D eigenvalue weighted by molar-refractivity contribution is -0.151. The van der Waals surface area contributed by atoms with Crippen molar-refractivity contribution in [1.29, 1.82) is 0 Å². The van der Waals surface area contributed by atoms with Gasteiger partial charge in [-0.2, -0.15) is 0 Å². The maximum absolute atomic E-state index is 12.0. The zero-order valence-electron chi connectivity index (χ0n) is 11.3. The van der Waals surface area contributed by atoms with Gasteiger partial charge in [-0.15, -0.1) is 0 Å². The number of hydrogen-bond donors (Lipinski definition) is 1. The van der Waals surface area contributed by atoms with Crippen LogP contribution < -0.4 is 0 Å². The van der Waals surface area contributed by atoms with Gasteiger partial charge in [0.1, 0.15) is 5.60 Å². The van der Waals surface area contributed by atoms with Crippen molar-refractivity contribution in [2.45, 2.75) is 51.4 Å². The molecule has 6 heteroatoms. The van der Waals surface area contributed by atoms with Crippen LogP contribution in [0.1, 0.15) is 33.6 Å². The van der Waals surface area contributed by atoms with Gasteiger partial charge in [0.25, 0.3) is 0 Å². The third-order valence-corrected chi connectivity index (χ3v) is 2.77. The first-order valence-electron chi connectivity index (χ1n) is 6.01. The third-order valence-electron chi connectivity index (χ3n) is 2.77. The van der Waals surface area contributed by atoms with E-state index >= 15 is 0 Å². The maximum Gasteiger partial charge on any atom is 0.410 e. The van der Waals surface area contributed by atoms with Crippen LogP contribution >= 0.6 is 0 Å². The van der Waals surface area contributed by atoms with Crippen molar-refractivity contribution >= 4 is 12.1 Å². The topological polar surface area (TPSA) is 76.1 Å². The largest absolute Gasteiger partial charge is 0.479 e. The van der Waals surface area contributed by atoms with Crippen LogP contribution in [-0.4, -0.2) is 53.5 Å². The van der Waals surface area contributed by atoms with Gasteiger partial charge in [-0.3, -0.25) is 0 Å². The molecule has 0 aromatic heterocycles. The summed E-state index contributed by atoms with van der Waals surface area (Å²) in [6.07, 6.45) is -0.102. The van der Waals surface area contributed by atoms with Crippen LogP contribution in [0.2, 0.25) is 0 Å². The Kier molecular flexibility index (Phi) is 4.56. The summed E-state index contributed by atoms with van der Waals surface area (Å²) in [5, 5.41) is 9.06. The van der Waals surface area contributed by atoms with E-state index in [1.807, 2.05) is 0 Å². The van der Waals surface area contributed by atoms with Crippen molar-refractivity contribution in [3.63, 3.8) is 0 Å². The number of rotatable bonds is 3. The summed E-state index contributed by atoms with van der Waals surface area (Å²) in [4.78, 5) is 24.5. The van der Waals surface area contributed by atoms with Crippen LogP contribution in [0, 0.1) is 0 Å². The molecule has 104 valence electrons. The summed E-state index contributed by atoms with van der Waals surface area (Å²) in [6, 6.07) is -0.456. The molecule has 1 aliphatic rings. The zero-order chi connectivity index (χ0) is 13.9. The van der Waals surface area contributed by atoms with E-state index in [4.69, 9.17) is 14.6 Å². The fourth-order valence-corrected chi connectivity index (χ4v) is 2.08. The number of carboxylic acid groups (broad SMARTS) is 1. The summed E-state index contributed by atoms with van der Waals surface area (Å²) in [5.41, 5.74) is -0.587. The second-order valence-electron chi connectivity index (χ2n) is 5.38. The molecule has 1 aliphatic heterocycles. The first kappa shape index (κ1) is 14.8. The van der Waals surface area contributed by atoms with Gasteiger partial charge in [0.2, 0.25) is 0 Å². The van der Waals surface area contributed by atoms with E-state index in [2.05, 4.69) is 0 Å². The van der Waals surface area contributed by atoms with E-state index < -0.39 is 29.8 Å². The molecule has 1 N–H and O–H groups in total. The van der Waals surface area contributed by atoms with Crippen molar-refractivity contribution in [2.24, 2.45) is 0 Å². The number of likely N-dealkylation sites (tertiary alicyclic amines) is 1. The van der Waals surface area contributed by atoms with Crippen molar-refractivity contribution in [2.75, 3.05) is 13.7 Å². The van der Waals surface area contributed by atoms with Crippen LogP contribution in [0.25, 0.3) is 0 Å². The minimum Gasteiger partial charge on any atom is -0.479 e. The molecule has 6 nitrogen and oxygen atoms in total. The normalized spacial score (nSPS) is 21.8. The lowest BCUT2D eigenvalue weighted by Gasteiger charge is -2.30. The van der Waals surface area contributed by atoms with Gasteiger partial charge in [0.15, 0.2) is 6.10 Å². The maximum atomic E-state index is 12.0. The van der Waals surface area contributed by atoms with Gasteiger partial charge in [-0.05, 0) is 33.6 Å². The molecule has 0 saturated carbocycles. The second kappa shape index (κ2) is 5.56. The fraction of sp³-hybridized carbons (Fsp3) is 0.833. The van der Waals surface area contributed by atoms with E-state index in [1.165, 1.54) is 12.0 Å². The minimum atomic E-state index is -1.06. The predicted octanol–water partition coefficient (Wildman–Crippen LogP) is 1.49. The van der Waals surface area contributed by atoms with Crippen LogP contribution in [0.5, 0.6) is 0 Å². The predicted molar refractivity (Wildman–Crippen MR) is 64.4 cm³/mol. The molecule has 0 aromatic rings. The number of amides is 1. The second-order valence-corrected chi connectivity index (χ2v) is 5.38. The number of ether oxygens (including phenoxy) is 2. The monoisotopic (exact) mass is 259 g/mol. The van der Waals surface area contributed by atoms with E-state index in [0.29, 0.717) is 13.0 Å². The Balaban J connectivity index is 2.75. The fourth-order valence-electron chi connectivity index (χ4n) is 2.08. The Morgan fingerprint density at radius 1 is 1.39 bits per heavy atom. The number of carbonyl (C=O) groups excluding carboxylic acids is 1. The lowest BCUT2D eigenvalue weighted by Crippen LogP contribution is -2.48. The highest BCUT2D eigenvalue weighted by Crippen LogP contribution is 2.24. The van der Waals surface area contributed by atoms with E-state index in [9.17, 15) is 9.59 Å². The van der Waals surface area contributed by atoms with Crippen molar-refractivity contribution in [3.8, 4) is 0 Å². The Bertz CT molecular complexity index is 323. The number of carboxylic acids is 1. The zero-order valence-corrected chi connectivity index (χ0v) is 11.3. The minimum absolute atomic E-state index is 0.456. The average molecular weight is 259 g/mol. The summed E-state index contributed by atoms with van der Waals surface area (Å²) in [6.45, 7) is 5.84. The summed E-state index contributed by atoms with van der Waals surface area (Å²) >= 11 is 0. The third kappa shape index (κ3) is 3.60. The van der Waals surface area contributed by atoms with Crippen molar-refractivity contribution < 1.29 is 24.2 Å². The lowest BCUT2D eigenvalue weighted by atomic mass is 10.1. The quantitative estimate of drug-likeness (QED) is 0.831. The molecule has 0 aromatic carbocycles. The highest BCUT2D eigenvalue weighted by molar-refractivity contribution is 5.76. The smallest absolute Gasteiger partial charge is 0.410 e. The molecular weight excluding hydrogens is 238 g/mol. The van der Waals surface area contributed by atoms with Crippen LogP contribution in [-0.2, 0) is 14.3 Å². The Morgan fingerprint density at radius 3 is 2.44 bits per heavy atom. The molecular formula is C12H21NO5. The van der Waals surface area contributed by atoms with Gasteiger partial charge >= 0.3 is 12.1 Å². The number of methoxy groups -OCH3 is 1. The van der Waals surface area contributed by atoms with Crippen LogP contribution in [0.4, 0.5) is 4.79 Å². The number of aliphatic carboxylic acids is 1. The molecule has 0 bridgehead atoms.